The number of anilines is 2. The van der Waals surface area contributed by atoms with Crippen LogP contribution in [-0.4, -0.2) is 30.0 Å². The van der Waals surface area contributed by atoms with E-state index in [0.29, 0.717) is 10.7 Å². The molecule has 2 heterocycles. The molecule has 3 N–H and O–H groups in total. The number of rotatable bonds is 3. The quantitative estimate of drug-likeness (QED) is 0.886. The largest absolute Gasteiger partial charge is 0.382 e. The van der Waals surface area contributed by atoms with E-state index in [4.69, 9.17) is 5.73 Å². The molecule has 0 spiro atoms. The normalized spacial score (nSPS) is 24.5. The molecule has 0 bridgehead atoms. The first-order valence-electron chi connectivity index (χ1n) is 6.79. The topological polar surface area (TPSA) is 71.2 Å². The highest BCUT2D eigenvalue weighted by molar-refractivity contribution is 7.18. The van der Waals surface area contributed by atoms with E-state index in [-0.39, 0.29) is 17.4 Å². The lowest BCUT2D eigenvalue weighted by Gasteiger charge is -2.11. The lowest BCUT2D eigenvalue weighted by Crippen LogP contribution is -2.28. The van der Waals surface area contributed by atoms with Gasteiger partial charge in [0, 0.05) is 19.1 Å². The van der Waals surface area contributed by atoms with Gasteiger partial charge in [0.1, 0.15) is 10.7 Å². The minimum Gasteiger partial charge on any atom is -0.382 e. The van der Waals surface area contributed by atoms with Crippen LogP contribution in [0.4, 0.5) is 10.9 Å². The van der Waals surface area contributed by atoms with Gasteiger partial charge >= 0.3 is 0 Å². The Morgan fingerprint density at radius 2 is 2.11 bits per heavy atom. The zero-order valence-electron chi connectivity index (χ0n) is 11.4. The summed E-state index contributed by atoms with van der Waals surface area (Å²) in [6.45, 7) is 6.35. The van der Waals surface area contributed by atoms with Gasteiger partial charge in [0.2, 0.25) is 0 Å². The van der Waals surface area contributed by atoms with Gasteiger partial charge in [-0.1, -0.05) is 25.2 Å². The SMILES string of the molecule is CC1(C)CC1NC(=O)c1sc(N2CCCC2)nc1N. The van der Waals surface area contributed by atoms with Crippen LogP contribution in [0.3, 0.4) is 0 Å². The number of aromatic nitrogens is 1. The van der Waals surface area contributed by atoms with Crippen LogP contribution < -0.4 is 16.0 Å². The van der Waals surface area contributed by atoms with Crippen molar-refractivity contribution in [1.82, 2.24) is 10.3 Å². The highest BCUT2D eigenvalue weighted by atomic mass is 32.1. The van der Waals surface area contributed by atoms with Gasteiger partial charge in [-0.3, -0.25) is 4.79 Å². The van der Waals surface area contributed by atoms with Crippen LogP contribution in [0.2, 0.25) is 0 Å². The number of thiazole rings is 1. The van der Waals surface area contributed by atoms with E-state index in [9.17, 15) is 4.79 Å². The maximum Gasteiger partial charge on any atom is 0.265 e. The third-order valence-corrected chi connectivity index (χ3v) is 5.17. The molecule has 2 fully saturated rings. The molecule has 1 aliphatic carbocycles. The first-order chi connectivity index (χ1) is 8.97. The summed E-state index contributed by atoms with van der Waals surface area (Å²) < 4.78 is 0. The Labute approximate surface area is 117 Å². The number of nitrogens with zero attached hydrogens (tertiary/aromatic N) is 2. The van der Waals surface area contributed by atoms with Crippen LogP contribution in [0.5, 0.6) is 0 Å². The second-order valence-electron chi connectivity index (χ2n) is 6.12. The van der Waals surface area contributed by atoms with Crippen LogP contribution in [0.25, 0.3) is 0 Å². The van der Waals surface area contributed by atoms with Crippen molar-refractivity contribution in [2.75, 3.05) is 23.7 Å². The molecular weight excluding hydrogens is 260 g/mol. The van der Waals surface area contributed by atoms with Crippen molar-refractivity contribution in [2.45, 2.75) is 39.2 Å². The van der Waals surface area contributed by atoms with Crippen molar-refractivity contribution < 1.29 is 4.79 Å². The standard InChI is InChI=1S/C13H20N4OS/c1-13(2)7-8(13)15-11(18)9-10(14)16-12(19-9)17-5-3-4-6-17/h8H,3-7,14H2,1-2H3,(H,15,18). The molecule has 1 atom stereocenters. The van der Waals surface area contributed by atoms with Crippen LogP contribution in [0, 0.1) is 5.41 Å². The van der Waals surface area contributed by atoms with Crippen LogP contribution in [0.1, 0.15) is 42.8 Å². The van der Waals surface area contributed by atoms with Crippen molar-refractivity contribution in [3.63, 3.8) is 0 Å². The Morgan fingerprint density at radius 1 is 1.47 bits per heavy atom. The predicted molar refractivity (Wildman–Crippen MR) is 77.6 cm³/mol. The Hall–Kier alpha value is -1.30. The Balaban J connectivity index is 1.71. The number of hydrogen-bond donors (Lipinski definition) is 2. The molecule has 1 aromatic heterocycles. The zero-order valence-corrected chi connectivity index (χ0v) is 12.2. The highest BCUT2D eigenvalue weighted by Gasteiger charge is 2.46. The molecule has 1 saturated heterocycles. The molecule has 3 rings (SSSR count). The van der Waals surface area contributed by atoms with Gasteiger partial charge in [0.05, 0.1) is 0 Å². The van der Waals surface area contributed by atoms with E-state index < -0.39 is 0 Å². The van der Waals surface area contributed by atoms with Gasteiger partial charge in [-0.2, -0.15) is 0 Å². The first-order valence-corrected chi connectivity index (χ1v) is 7.61. The summed E-state index contributed by atoms with van der Waals surface area (Å²) in [5, 5.41) is 3.92. The third-order valence-electron chi connectivity index (χ3n) is 4.04. The van der Waals surface area contributed by atoms with E-state index >= 15 is 0 Å². The second-order valence-corrected chi connectivity index (χ2v) is 7.10. The van der Waals surface area contributed by atoms with Crippen LogP contribution >= 0.6 is 11.3 Å². The summed E-state index contributed by atoms with van der Waals surface area (Å²) in [5.41, 5.74) is 6.11. The van der Waals surface area contributed by atoms with Gasteiger partial charge in [0.15, 0.2) is 5.13 Å². The number of carbonyl (C=O) groups is 1. The summed E-state index contributed by atoms with van der Waals surface area (Å²) in [4.78, 5) is 19.3. The molecular formula is C13H20N4OS. The van der Waals surface area contributed by atoms with Gasteiger partial charge < -0.3 is 16.0 Å². The fourth-order valence-electron chi connectivity index (χ4n) is 2.46. The number of carbonyl (C=O) groups excluding carboxylic acids is 1. The molecule has 2 aliphatic rings. The van der Waals surface area contributed by atoms with Crippen molar-refractivity contribution in [3.8, 4) is 0 Å². The molecule has 1 saturated carbocycles. The average molecular weight is 280 g/mol. The number of amides is 1. The van der Waals surface area contributed by atoms with Gasteiger partial charge in [-0.15, -0.1) is 0 Å². The van der Waals surface area contributed by atoms with Gasteiger partial charge in [0.25, 0.3) is 5.91 Å². The molecule has 0 aromatic carbocycles. The summed E-state index contributed by atoms with van der Waals surface area (Å²) in [5.74, 6) is 0.291. The Morgan fingerprint density at radius 3 is 2.68 bits per heavy atom. The number of nitrogens with two attached hydrogens (primary N) is 1. The Kier molecular flexibility index (Phi) is 2.92. The molecule has 1 amide bonds. The number of nitrogen functional groups attached to an aromatic ring is 1. The molecule has 0 radical (unpaired) electrons. The van der Waals surface area contributed by atoms with Crippen LogP contribution in [-0.2, 0) is 0 Å². The minimum atomic E-state index is -0.0731. The van der Waals surface area contributed by atoms with E-state index in [1.54, 1.807) is 0 Å². The van der Waals surface area contributed by atoms with E-state index in [1.807, 2.05) is 0 Å². The smallest absolute Gasteiger partial charge is 0.265 e. The molecule has 1 aliphatic heterocycles. The number of nitrogens with one attached hydrogen (secondary N) is 1. The third kappa shape index (κ3) is 2.41. The average Bonchev–Trinajstić information content (AvgIpc) is 2.81. The molecule has 19 heavy (non-hydrogen) atoms. The summed E-state index contributed by atoms with van der Waals surface area (Å²) in [6.07, 6.45) is 3.42. The molecule has 104 valence electrons. The molecule has 1 unspecified atom stereocenters. The first kappa shape index (κ1) is 12.7. The maximum absolute atomic E-state index is 12.2. The summed E-state index contributed by atoms with van der Waals surface area (Å²) >= 11 is 1.41. The summed E-state index contributed by atoms with van der Waals surface area (Å²) in [6, 6.07) is 0.275. The van der Waals surface area contributed by atoms with E-state index in [2.05, 4.69) is 29.0 Å². The van der Waals surface area contributed by atoms with Crippen molar-refractivity contribution in [2.24, 2.45) is 5.41 Å². The van der Waals surface area contributed by atoms with Crippen molar-refractivity contribution in [3.05, 3.63) is 4.88 Å². The lowest BCUT2D eigenvalue weighted by atomic mass is 10.2. The second kappa shape index (κ2) is 4.37. The monoisotopic (exact) mass is 280 g/mol. The summed E-state index contributed by atoms with van der Waals surface area (Å²) in [7, 11) is 0. The zero-order chi connectivity index (χ0) is 13.6. The Bertz CT molecular complexity index is 505. The minimum absolute atomic E-state index is 0.0731. The molecule has 1 aromatic rings. The van der Waals surface area contributed by atoms with Gasteiger partial charge in [-0.05, 0) is 24.7 Å². The van der Waals surface area contributed by atoms with Gasteiger partial charge in [-0.25, -0.2) is 4.98 Å². The lowest BCUT2D eigenvalue weighted by molar-refractivity contribution is 0.0951. The van der Waals surface area contributed by atoms with E-state index in [1.165, 1.54) is 24.2 Å². The van der Waals surface area contributed by atoms with Crippen molar-refractivity contribution >= 4 is 28.2 Å². The fraction of sp³-hybridized carbons (Fsp3) is 0.692. The highest BCUT2D eigenvalue weighted by Crippen LogP contribution is 2.45. The molecule has 6 heteroatoms. The van der Waals surface area contributed by atoms with E-state index in [0.717, 1.165) is 24.6 Å². The van der Waals surface area contributed by atoms with Crippen LogP contribution in [0.15, 0.2) is 0 Å². The maximum atomic E-state index is 12.2. The predicted octanol–water partition coefficient (Wildman–Crippen LogP) is 1.85. The van der Waals surface area contributed by atoms with Crippen molar-refractivity contribution in [1.29, 1.82) is 0 Å². The molecule has 5 nitrogen and oxygen atoms in total. The fourth-order valence-corrected chi connectivity index (χ4v) is 3.40. The number of hydrogen-bond acceptors (Lipinski definition) is 5.